The summed E-state index contributed by atoms with van der Waals surface area (Å²) < 4.78 is 32.4. The molecule has 140 valence electrons. The van der Waals surface area contributed by atoms with E-state index in [0.29, 0.717) is 18.0 Å². The van der Waals surface area contributed by atoms with Gasteiger partial charge in [-0.3, -0.25) is 9.10 Å². The molecule has 0 saturated carbocycles. The largest absolute Gasteiger partial charge is 0.494 e. The van der Waals surface area contributed by atoms with E-state index in [0.717, 1.165) is 4.31 Å². The Kier molecular flexibility index (Phi) is 6.75. The van der Waals surface area contributed by atoms with Crippen LogP contribution in [0.25, 0.3) is 0 Å². The third-order valence-corrected chi connectivity index (χ3v) is 6.01. The van der Waals surface area contributed by atoms with Crippen molar-refractivity contribution in [3.8, 4) is 5.75 Å². The van der Waals surface area contributed by atoms with E-state index in [2.05, 4.69) is 0 Å². The molecule has 0 aliphatic carbocycles. The molecular formula is C17H17Cl2NO5S. The first kappa shape index (κ1) is 20.4. The zero-order valence-corrected chi connectivity index (χ0v) is 16.2. The molecule has 0 radical (unpaired) electrons. The van der Waals surface area contributed by atoms with Gasteiger partial charge >= 0.3 is 5.97 Å². The SMILES string of the molecule is CCOc1ccc(N(CCC(=O)O)S(=O)(=O)c2ccc(Cl)c(Cl)c2)cc1. The summed E-state index contributed by atoms with van der Waals surface area (Å²) >= 11 is 11.8. The number of anilines is 1. The second kappa shape index (κ2) is 8.62. The average molecular weight is 418 g/mol. The summed E-state index contributed by atoms with van der Waals surface area (Å²) in [7, 11) is -4.03. The van der Waals surface area contributed by atoms with Crippen LogP contribution in [0.2, 0.25) is 10.0 Å². The molecule has 1 N–H and O–H groups in total. The van der Waals surface area contributed by atoms with Crippen LogP contribution in [0.1, 0.15) is 13.3 Å². The van der Waals surface area contributed by atoms with Gasteiger partial charge in [0.2, 0.25) is 0 Å². The number of carbonyl (C=O) groups is 1. The smallest absolute Gasteiger partial charge is 0.305 e. The van der Waals surface area contributed by atoms with E-state index < -0.39 is 16.0 Å². The molecule has 0 atom stereocenters. The number of carboxylic acid groups (broad SMARTS) is 1. The van der Waals surface area contributed by atoms with Crippen LogP contribution in [0.5, 0.6) is 5.75 Å². The fraction of sp³-hybridized carbons (Fsp3) is 0.235. The minimum absolute atomic E-state index is 0.0776. The van der Waals surface area contributed by atoms with Gasteiger partial charge in [0.05, 0.1) is 33.7 Å². The van der Waals surface area contributed by atoms with Gasteiger partial charge in [-0.05, 0) is 49.4 Å². The number of halogens is 2. The van der Waals surface area contributed by atoms with Crippen molar-refractivity contribution in [1.29, 1.82) is 0 Å². The standard InChI is InChI=1S/C17H17Cl2NO5S/c1-2-25-13-5-3-12(4-6-13)20(10-9-17(21)22)26(23,24)14-7-8-15(18)16(19)11-14/h3-8,11H,2,9-10H2,1H3,(H,21,22). The van der Waals surface area contributed by atoms with Gasteiger partial charge in [0, 0.05) is 6.54 Å². The van der Waals surface area contributed by atoms with Crippen LogP contribution < -0.4 is 9.04 Å². The fourth-order valence-corrected chi connectivity index (χ4v) is 4.08. The third-order valence-electron chi connectivity index (χ3n) is 3.44. The summed E-state index contributed by atoms with van der Waals surface area (Å²) in [6.07, 6.45) is -0.353. The zero-order chi connectivity index (χ0) is 19.3. The predicted molar refractivity (Wildman–Crippen MR) is 101 cm³/mol. The fourth-order valence-electron chi connectivity index (χ4n) is 2.23. The maximum absolute atomic E-state index is 13.0. The first-order chi connectivity index (χ1) is 12.3. The number of sulfonamides is 1. The van der Waals surface area contributed by atoms with Gasteiger partial charge in [-0.1, -0.05) is 23.2 Å². The minimum atomic E-state index is -4.03. The van der Waals surface area contributed by atoms with Gasteiger partial charge in [0.15, 0.2) is 0 Å². The van der Waals surface area contributed by atoms with Crippen molar-refractivity contribution < 1.29 is 23.1 Å². The number of aliphatic carboxylic acids is 1. The van der Waals surface area contributed by atoms with Crippen LogP contribution in [0, 0.1) is 0 Å². The molecule has 2 rings (SSSR count). The van der Waals surface area contributed by atoms with Gasteiger partial charge in [-0.2, -0.15) is 0 Å². The molecule has 6 nitrogen and oxygen atoms in total. The van der Waals surface area contributed by atoms with Crippen LogP contribution in [-0.2, 0) is 14.8 Å². The Bertz CT molecular complexity index is 885. The van der Waals surface area contributed by atoms with Crippen LogP contribution in [-0.4, -0.2) is 32.6 Å². The van der Waals surface area contributed by atoms with Crippen LogP contribution >= 0.6 is 23.2 Å². The van der Waals surface area contributed by atoms with E-state index in [4.69, 9.17) is 33.0 Å². The maximum atomic E-state index is 13.0. The molecule has 9 heteroatoms. The van der Waals surface area contributed by atoms with Crippen molar-refractivity contribution in [2.24, 2.45) is 0 Å². The Morgan fingerprint density at radius 3 is 2.31 bits per heavy atom. The monoisotopic (exact) mass is 417 g/mol. The van der Waals surface area contributed by atoms with Crippen molar-refractivity contribution in [3.63, 3.8) is 0 Å². The van der Waals surface area contributed by atoms with Crippen molar-refractivity contribution in [2.45, 2.75) is 18.2 Å². The molecule has 0 bridgehead atoms. The van der Waals surface area contributed by atoms with Crippen molar-refractivity contribution in [2.75, 3.05) is 17.5 Å². The molecule has 0 unspecified atom stereocenters. The highest BCUT2D eigenvalue weighted by Crippen LogP contribution is 2.30. The zero-order valence-electron chi connectivity index (χ0n) is 13.9. The summed E-state index contributed by atoms with van der Waals surface area (Å²) in [6, 6.07) is 10.3. The van der Waals surface area contributed by atoms with Gasteiger partial charge in [0.1, 0.15) is 5.75 Å². The molecule has 0 aromatic heterocycles. The van der Waals surface area contributed by atoms with Gasteiger partial charge in [-0.25, -0.2) is 8.42 Å². The lowest BCUT2D eigenvalue weighted by Crippen LogP contribution is -2.33. The summed E-state index contributed by atoms with van der Waals surface area (Å²) in [5.41, 5.74) is 0.320. The summed E-state index contributed by atoms with van der Waals surface area (Å²) in [5.74, 6) is -0.522. The third kappa shape index (κ3) is 4.81. The van der Waals surface area contributed by atoms with Crippen LogP contribution in [0.3, 0.4) is 0 Å². The lowest BCUT2D eigenvalue weighted by molar-refractivity contribution is -0.136. The van der Waals surface area contributed by atoms with E-state index in [1.165, 1.54) is 18.2 Å². The number of carboxylic acids is 1. The Hall–Kier alpha value is -1.96. The van der Waals surface area contributed by atoms with Crippen LogP contribution in [0.15, 0.2) is 47.4 Å². The number of ether oxygens (including phenoxy) is 1. The van der Waals surface area contributed by atoms with E-state index in [-0.39, 0.29) is 27.9 Å². The molecule has 0 amide bonds. The normalized spacial score (nSPS) is 11.2. The van der Waals surface area contributed by atoms with E-state index in [1.807, 2.05) is 6.92 Å². The molecular weight excluding hydrogens is 401 g/mol. The Balaban J connectivity index is 2.45. The molecule has 0 aliphatic rings. The molecule has 0 fully saturated rings. The van der Waals surface area contributed by atoms with Gasteiger partial charge in [0.25, 0.3) is 10.0 Å². The van der Waals surface area contributed by atoms with Crippen molar-refractivity contribution in [1.82, 2.24) is 0 Å². The highest BCUT2D eigenvalue weighted by molar-refractivity contribution is 7.92. The van der Waals surface area contributed by atoms with E-state index in [1.54, 1.807) is 24.3 Å². The van der Waals surface area contributed by atoms with E-state index >= 15 is 0 Å². The molecule has 2 aromatic carbocycles. The molecule has 2 aromatic rings. The number of nitrogens with zero attached hydrogens (tertiary/aromatic N) is 1. The van der Waals surface area contributed by atoms with Gasteiger partial charge in [-0.15, -0.1) is 0 Å². The summed E-state index contributed by atoms with van der Waals surface area (Å²) in [5, 5.41) is 9.28. The molecule has 0 heterocycles. The molecule has 26 heavy (non-hydrogen) atoms. The Morgan fingerprint density at radius 2 is 1.77 bits per heavy atom. The van der Waals surface area contributed by atoms with E-state index in [9.17, 15) is 13.2 Å². The highest BCUT2D eigenvalue weighted by atomic mass is 35.5. The maximum Gasteiger partial charge on any atom is 0.305 e. The van der Waals surface area contributed by atoms with Crippen molar-refractivity contribution in [3.05, 3.63) is 52.5 Å². The topological polar surface area (TPSA) is 83.9 Å². The van der Waals surface area contributed by atoms with Gasteiger partial charge < -0.3 is 9.84 Å². The van der Waals surface area contributed by atoms with Crippen LogP contribution in [0.4, 0.5) is 5.69 Å². The Labute approximate surface area is 162 Å². The van der Waals surface area contributed by atoms with Crippen molar-refractivity contribution >= 4 is 44.9 Å². The molecule has 0 spiro atoms. The number of rotatable bonds is 8. The lowest BCUT2D eigenvalue weighted by atomic mass is 10.3. The average Bonchev–Trinajstić information content (AvgIpc) is 2.58. The second-order valence-corrected chi connectivity index (χ2v) is 7.90. The first-order valence-corrected chi connectivity index (χ1v) is 9.87. The lowest BCUT2D eigenvalue weighted by Gasteiger charge is -2.24. The highest BCUT2D eigenvalue weighted by Gasteiger charge is 2.26. The second-order valence-electron chi connectivity index (χ2n) is 5.22. The minimum Gasteiger partial charge on any atom is -0.494 e. The number of hydrogen-bond acceptors (Lipinski definition) is 4. The number of benzene rings is 2. The molecule has 0 aliphatic heterocycles. The predicted octanol–water partition coefficient (Wildman–Crippen LogP) is 4.06. The number of hydrogen-bond donors (Lipinski definition) is 1. The first-order valence-electron chi connectivity index (χ1n) is 7.68. The summed E-state index contributed by atoms with van der Waals surface area (Å²) in [4.78, 5) is 10.9. The quantitative estimate of drug-likeness (QED) is 0.699. The molecule has 0 saturated heterocycles. The Morgan fingerprint density at radius 1 is 1.12 bits per heavy atom. The summed E-state index contributed by atoms with van der Waals surface area (Å²) in [6.45, 7) is 2.08.